The van der Waals surface area contributed by atoms with Crippen molar-refractivity contribution in [2.75, 3.05) is 26.8 Å². The second-order valence-electron chi connectivity index (χ2n) is 12.6. The molecule has 1 N–H and O–H groups in total. The van der Waals surface area contributed by atoms with Gasteiger partial charge in [-0.3, -0.25) is 9.69 Å². The summed E-state index contributed by atoms with van der Waals surface area (Å²) in [6.07, 6.45) is 0.785. The van der Waals surface area contributed by atoms with E-state index in [4.69, 9.17) is 14.2 Å². The number of esters is 1. The maximum atomic E-state index is 14.2. The van der Waals surface area contributed by atoms with E-state index in [1.165, 1.54) is 17.0 Å². The van der Waals surface area contributed by atoms with E-state index in [-0.39, 0.29) is 29.9 Å². The van der Waals surface area contributed by atoms with Crippen molar-refractivity contribution in [3.63, 3.8) is 0 Å². The van der Waals surface area contributed by atoms with Crippen LogP contribution in [0, 0.1) is 23.5 Å². The van der Waals surface area contributed by atoms with Crippen LogP contribution in [0.3, 0.4) is 0 Å². The summed E-state index contributed by atoms with van der Waals surface area (Å²) in [5.74, 6) is -1.36. The average molecular weight is 629 g/mol. The number of methoxy groups -OCH3 is 1. The molecule has 4 rings (SSSR count). The Labute approximate surface area is 264 Å². The van der Waals surface area contributed by atoms with Gasteiger partial charge >= 0.3 is 5.97 Å². The molecule has 2 aliphatic heterocycles. The van der Waals surface area contributed by atoms with Crippen molar-refractivity contribution in [2.24, 2.45) is 11.8 Å². The Morgan fingerprint density at radius 3 is 2.42 bits per heavy atom. The highest BCUT2D eigenvalue weighted by Crippen LogP contribution is 2.30. The van der Waals surface area contributed by atoms with Crippen LogP contribution in [-0.4, -0.2) is 84.0 Å². The van der Waals surface area contributed by atoms with E-state index in [0.29, 0.717) is 45.0 Å². The first-order valence-corrected chi connectivity index (χ1v) is 15.7. The lowest BCUT2D eigenvalue weighted by atomic mass is 9.96. The molecule has 0 aromatic heterocycles. The fourth-order valence-electron chi connectivity index (χ4n) is 6.47. The third-order valence-corrected chi connectivity index (χ3v) is 8.72. The van der Waals surface area contributed by atoms with Crippen LogP contribution in [0.1, 0.15) is 51.2 Å². The molecule has 2 aromatic rings. The van der Waals surface area contributed by atoms with Crippen molar-refractivity contribution < 1.29 is 37.7 Å². The zero-order chi connectivity index (χ0) is 32.7. The van der Waals surface area contributed by atoms with Crippen LogP contribution >= 0.6 is 0 Å². The van der Waals surface area contributed by atoms with Crippen molar-refractivity contribution in [3.8, 4) is 5.75 Å². The molecule has 2 heterocycles. The third-order valence-electron chi connectivity index (χ3n) is 8.72. The van der Waals surface area contributed by atoms with Crippen LogP contribution in [-0.2, 0) is 32.0 Å². The van der Waals surface area contributed by atoms with Gasteiger partial charge < -0.3 is 24.2 Å². The Morgan fingerprint density at radius 1 is 1.11 bits per heavy atom. The van der Waals surface area contributed by atoms with Gasteiger partial charge in [0.05, 0.1) is 19.8 Å². The number of nitrogens with zero attached hydrogens (tertiary/aromatic N) is 2. The Hall–Kier alpha value is -3.34. The monoisotopic (exact) mass is 628 g/mol. The number of hydrogen-bond donors (Lipinski definition) is 1. The number of likely N-dealkylation sites (tertiary alicyclic amines) is 2. The highest BCUT2D eigenvalue weighted by Gasteiger charge is 2.43. The number of aliphatic hydroxyl groups excluding tert-OH is 1. The number of benzene rings is 2. The zero-order valence-corrected chi connectivity index (χ0v) is 26.7. The Kier molecular flexibility index (Phi) is 12.1. The summed E-state index contributed by atoms with van der Waals surface area (Å²) in [5, 5.41) is 11.9. The smallest absolute Gasteiger partial charge is 0.328 e. The van der Waals surface area contributed by atoms with Crippen LogP contribution in [0.15, 0.2) is 55.1 Å². The highest BCUT2D eigenvalue weighted by atomic mass is 19.1. The topological polar surface area (TPSA) is 88.5 Å². The van der Waals surface area contributed by atoms with Gasteiger partial charge in [-0.2, -0.15) is 0 Å². The number of carbonyl (C=O) groups excluding carboxylic acids is 2. The number of hydrogen-bond acceptors (Lipinski definition) is 7. The summed E-state index contributed by atoms with van der Waals surface area (Å²) in [5.41, 5.74) is 1.22. The minimum Gasteiger partial charge on any atom is -0.497 e. The molecule has 1 amide bonds. The van der Waals surface area contributed by atoms with Gasteiger partial charge in [0.2, 0.25) is 5.91 Å². The number of carbonyl (C=O) groups is 2. The van der Waals surface area contributed by atoms with Gasteiger partial charge in [-0.1, -0.05) is 32.1 Å². The SMILES string of the molecule is C=CCO[C@@H]1C[C@H]([C@@H](O)[C@H](Cc2cc(F)cc(F)c2)OC(=O)C(C)N2CCC(CC(C)C)C2=O)N(Cc2ccc(OC)cc2)C1. The molecule has 8 nitrogen and oxygen atoms in total. The quantitative estimate of drug-likeness (QED) is 0.221. The predicted octanol–water partition coefficient (Wildman–Crippen LogP) is 4.92. The standard InChI is InChI=1S/C35H46F2N2O6/c1-6-13-44-30-19-31(38(21-30)20-24-7-9-29(43-5)10-8-24)33(40)32(17-25-15-27(36)18-28(37)16-25)45-35(42)23(4)39-12-11-26(34(39)41)14-22(2)3/h6-10,15-16,18,22-23,26,30-33,40H,1,11-14,17,19-21H2,2-5H3/t23?,26?,30-,31-,32+,33-/m1/s1. The highest BCUT2D eigenvalue weighted by molar-refractivity contribution is 5.87. The van der Waals surface area contributed by atoms with Crippen LogP contribution in [0.4, 0.5) is 8.78 Å². The molecule has 246 valence electrons. The van der Waals surface area contributed by atoms with Crippen LogP contribution in [0.5, 0.6) is 5.75 Å². The largest absolute Gasteiger partial charge is 0.497 e. The molecule has 2 aliphatic rings. The molecule has 10 heteroatoms. The molecule has 2 fully saturated rings. The Balaban J connectivity index is 1.57. The van der Waals surface area contributed by atoms with Crippen molar-refractivity contribution in [2.45, 2.75) is 83.4 Å². The van der Waals surface area contributed by atoms with E-state index in [2.05, 4.69) is 25.3 Å². The lowest BCUT2D eigenvalue weighted by Gasteiger charge is -2.34. The number of ether oxygens (including phenoxy) is 3. The summed E-state index contributed by atoms with van der Waals surface area (Å²) in [4.78, 5) is 30.3. The van der Waals surface area contributed by atoms with E-state index >= 15 is 0 Å². The lowest BCUT2D eigenvalue weighted by molar-refractivity contribution is -0.165. The Bertz CT molecular complexity index is 1290. The molecule has 0 spiro atoms. The summed E-state index contributed by atoms with van der Waals surface area (Å²) in [6, 6.07) is 9.32. The molecule has 2 unspecified atom stereocenters. The average Bonchev–Trinajstić information content (AvgIpc) is 3.56. The van der Waals surface area contributed by atoms with Crippen LogP contribution in [0.2, 0.25) is 0 Å². The van der Waals surface area contributed by atoms with Gasteiger partial charge in [0, 0.05) is 44.1 Å². The second-order valence-corrected chi connectivity index (χ2v) is 12.6. The second kappa shape index (κ2) is 15.8. The van der Waals surface area contributed by atoms with E-state index in [0.717, 1.165) is 23.8 Å². The molecule has 45 heavy (non-hydrogen) atoms. The van der Waals surface area contributed by atoms with E-state index < -0.39 is 41.9 Å². The minimum absolute atomic E-state index is 0.0823. The number of halogens is 2. The van der Waals surface area contributed by atoms with Crippen molar-refractivity contribution >= 4 is 11.9 Å². The molecule has 6 atom stereocenters. The van der Waals surface area contributed by atoms with Crippen LogP contribution in [0.25, 0.3) is 0 Å². The van der Waals surface area contributed by atoms with Gasteiger partial charge in [-0.05, 0) is 67.5 Å². The zero-order valence-electron chi connectivity index (χ0n) is 26.7. The summed E-state index contributed by atoms with van der Waals surface area (Å²) >= 11 is 0. The van der Waals surface area contributed by atoms with Gasteiger partial charge in [0.25, 0.3) is 0 Å². The molecule has 0 aliphatic carbocycles. The first-order valence-electron chi connectivity index (χ1n) is 15.7. The summed E-state index contributed by atoms with van der Waals surface area (Å²) in [6.45, 7) is 11.2. The maximum absolute atomic E-state index is 14.2. The van der Waals surface area contributed by atoms with Crippen molar-refractivity contribution in [1.82, 2.24) is 9.80 Å². The first kappa shape index (κ1) is 34.5. The van der Waals surface area contributed by atoms with E-state index in [1.54, 1.807) is 20.1 Å². The third kappa shape index (κ3) is 9.11. The molecule has 0 radical (unpaired) electrons. The van der Waals surface area contributed by atoms with E-state index in [9.17, 15) is 23.5 Å². The normalized spacial score (nSPS) is 22.4. The molecule has 2 aromatic carbocycles. The number of amides is 1. The number of aliphatic hydroxyl groups is 1. The predicted molar refractivity (Wildman–Crippen MR) is 166 cm³/mol. The first-order chi connectivity index (χ1) is 21.5. The maximum Gasteiger partial charge on any atom is 0.328 e. The van der Waals surface area contributed by atoms with E-state index in [1.807, 2.05) is 24.3 Å². The van der Waals surface area contributed by atoms with Gasteiger partial charge in [0.15, 0.2) is 0 Å². The van der Waals surface area contributed by atoms with Gasteiger partial charge in [0.1, 0.15) is 35.6 Å². The van der Waals surface area contributed by atoms with Crippen molar-refractivity contribution in [1.29, 1.82) is 0 Å². The fraction of sp³-hybridized carbons (Fsp3) is 0.543. The van der Waals surface area contributed by atoms with Crippen LogP contribution < -0.4 is 4.74 Å². The molecule has 0 bridgehead atoms. The molecular weight excluding hydrogens is 582 g/mol. The lowest BCUT2D eigenvalue weighted by Crippen LogP contribution is -2.50. The number of rotatable bonds is 15. The van der Waals surface area contributed by atoms with Gasteiger partial charge in [-0.15, -0.1) is 6.58 Å². The summed E-state index contributed by atoms with van der Waals surface area (Å²) < 4.78 is 45.6. The molecular formula is C35H46F2N2O6. The Morgan fingerprint density at radius 2 is 1.80 bits per heavy atom. The van der Waals surface area contributed by atoms with Crippen molar-refractivity contribution in [3.05, 3.63) is 77.9 Å². The molecule has 2 saturated heterocycles. The fourth-order valence-corrected chi connectivity index (χ4v) is 6.47. The minimum atomic E-state index is -1.23. The van der Waals surface area contributed by atoms with Gasteiger partial charge in [-0.25, -0.2) is 13.6 Å². The molecule has 0 saturated carbocycles. The summed E-state index contributed by atoms with van der Waals surface area (Å²) in [7, 11) is 1.60.